The highest BCUT2D eigenvalue weighted by atomic mass is 16.8. The van der Waals surface area contributed by atoms with E-state index in [0.29, 0.717) is 0 Å². The van der Waals surface area contributed by atoms with Crippen molar-refractivity contribution in [2.24, 2.45) is 0 Å². The van der Waals surface area contributed by atoms with Crippen LogP contribution in [0.4, 0.5) is 0 Å². The van der Waals surface area contributed by atoms with Gasteiger partial charge in [-0.3, -0.25) is 14.4 Å². The molecular formula is C27H45N3O19. The summed E-state index contributed by atoms with van der Waals surface area (Å²) in [4.78, 5) is 48.0. The van der Waals surface area contributed by atoms with Gasteiger partial charge >= 0.3 is 5.97 Å². The average Bonchev–Trinajstić information content (AvgIpc) is 3.02. The summed E-state index contributed by atoms with van der Waals surface area (Å²) in [7, 11) is 0. The highest BCUT2D eigenvalue weighted by molar-refractivity contribution is 5.77. The Morgan fingerprint density at radius 1 is 0.837 bits per heavy atom. The monoisotopic (exact) mass is 715 g/mol. The van der Waals surface area contributed by atoms with Crippen molar-refractivity contribution in [3.8, 4) is 0 Å². The Balaban J connectivity index is 2.01. The van der Waals surface area contributed by atoms with Crippen molar-refractivity contribution in [1.29, 1.82) is 0 Å². The van der Waals surface area contributed by atoms with Crippen molar-refractivity contribution in [2.45, 2.75) is 125 Å². The van der Waals surface area contributed by atoms with E-state index in [0.717, 1.165) is 20.8 Å². The third kappa shape index (κ3) is 9.36. The molecule has 13 N–H and O–H groups in total. The van der Waals surface area contributed by atoms with E-state index in [2.05, 4.69) is 16.0 Å². The third-order valence-corrected chi connectivity index (χ3v) is 8.24. The number of rotatable bonds is 13. The van der Waals surface area contributed by atoms with E-state index in [-0.39, 0.29) is 0 Å². The number of hydrogen-bond acceptors (Lipinski definition) is 18. The van der Waals surface area contributed by atoms with Crippen LogP contribution in [-0.2, 0) is 42.9 Å². The molecule has 3 amide bonds. The number of nitrogens with one attached hydrogen (secondary N) is 3. The van der Waals surface area contributed by atoms with Crippen molar-refractivity contribution in [3.05, 3.63) is 0 Å². The largest absolute Gasteiger partial charge is 0.477 e. The van der Waals surface area contributed by atoms with Crippen LogP contribution in [0.2, 0.25) is 0 Å². The summed E-state index contributed by atoms with van der Waals surface area (Å²) in [6.07, 6.45) is -25.7. The van der Waals surface area contributed by atoms with Crippen LogP contribution in [0.1, 0.15) is 27.2 Å². The lowest BCUT2D eigenvalue weighted by molar-refractivity contribution is -0.380. The number of carbonyl (C=O) groups excluding carboxylic acids is 3. The van der Waals surface area contributed by atoms with Gasteiger partial charge in [0.1, 0.15) is 67.1 Å². The number of carboxylic acid groups (broad SMARTS) is 1. The summed E-state index contributed by atoms with van der Waals surface area (Å²) in [6, 6.07) is -3.08. The zero-order valence-electron chi connectivity index (χ0n) is 26.6. The molecule has 1 unspecified atom stereocenters. The number of amides is 3. The van der Waals surface area contributed by atoms with E-state index in [4.69, 9.17) is 23.7 Å². The molecule has 0 spiro atoms. The minimum absolute atomic E-state index is 0.499. The van der Waals surface area contributed by atoms with Crippen LogP contribution >= 0.6 is 0 Å². The fourth-order valence-electron chi connectivity index (χ4n) is 5.83. The molecule has 0 aromatic carbocycles. The predicted octanol–water partition coefficient (Wildman–Crippen LogP) is -7.94. The maximum Gasteiger partial charge on any atom is 0.364 e. The van der Waals surface area contributed by atoms with Gasteiger partial charge in [-0.1, -0.05) is 0 Å². The van der Waals surface area contributed by atoms with Gasteiger partial charge in [0.05, 0.1) is 25.4 Å². The molecule has 3 saturated heterocycles. The van der Waals surface area contributed by atoms with Crippen molar-refractivity contribution < 1.29 is 93.9 Å². The smallest absolute Gasteiger partial charge is 0.364 e. The quantitative estimate of drug-likeness (QED) is 0.0842. The van der Waals surface area contributed by atoms with Crippen LogP contribution in [0, 0.1) is 0 Å². The molecule has 22 heteroatoms. The van der Waals surface area contributed by atoms with Crippen LogP contribution in [-0.4, -0.2) is 192 Å². The fourth-order valence-corrected chi connectivity index (χ4v) is 5.83. The molecule has 3 fully saturated rings. The van der Waals surface area contributed by atoms with Crippen LogP contribution in [0.5, 0.6) is 0 Å². The van der Waals surface area contributed by atoms with Crippen molar-refractivity contribution in [3.63, 3.8) is 0 Å². The number of ether oxygens (including phenoxy) is 5. The zero-order valence-corrected chi connectivity index (χ0v) is 26.6. The Morgan fingerprint density at radius 3 is 1.98 bits per heavy atom. The lowest BCUT2D eigenvalue weighted by Gasteiger charge is -2.51. The molecule has 0 aromatic rings. The maximum atomic E-state index is 12.8. The van der Waals surface area contributed by atoms with E-state index in [9.17, 15) is 70.2 Å². The molecule has 282 valence electrons. The summed E-state index contributed by atoms with van der Waals surface area (Å²) >= 11 is 0. The zero-order chi connectivity index (χ0) is 37.0. The first kappa shape index (κ1) is 40.7. The van der Waals surface area contributed by atoms with Crippen LogP contribution < -0.4 is 16.0 Å². The summed E-state index contributed by atoms with van der Waals surface area (Å²) < 4.78 is 27.9. The van der Waals surface area contributed by atoms with Crippen LogP contribution in [0.25, 0.3) is 0 Å². The standard InChI is InChI=1S/C27H45N3O19/c1-8(33)28-5-13-18(39)23(20(41)25(46-13)47-21-14(7-32)45-24(42)16(19(21)40)30-10(3)35)49-27(26(43)44)4-11(36)15(29-9(2)34)22(48-27)17(38)12(37)6-31/h11-25,31-32,36-42H,4-7H2,1-3H3,(H,28,33)(H,29,34)(H,30,35)(H,43,44)/t11-,12+,13+,14+,15+,16+,17+,18-,19+,20+,21+,22+,23-,24?,25-,27-/m0/s1. The van der Waals surface area contributed by atoms with E-state index in [1.807, 2.05) is 0 Å². The molecule has 22 nitrogen and oxygen atoms in total. The van der Waals surface area contributed by atoms with Gasteiger partial charge in [0.25, 0.3) is 5.79 Å². The lowest BCUT2D eigenvalue weighted by Crippen LogP contribution is -2.71. The summed E-state index contributed by atoms with van der Waals surface area (Å²) in [5, 5.41) is 112. The number of hydrogen-bond donors (Lipinski definition) is 13. The van der Waals surface area contributed by atoms with E-state index >= 15 is 0 Å². The third-order valence-electron chi connectivity index (χ3n) is 8.24. The summed E-state index contributed by atoms with van der Waals surface area (Å²) in [5.74, 6) is -7.09. The van der Waals surface area contributed by atoms with Gasteiger partial charge in [-0.15, -0.1) is 0 Å². The molecule has 0 aliphatic carbocycles. The molecule has 3 heterocycles. The number of aliphatic hydroxyl groups excluding tert-OH is 9. The van der Waals surface area contributed by atoms with E-state index in [1.165, 1.54) is 0 Å². The SMILES string of the molecule is CC(=O)NC[C@H]1O[C@@H](O[C@H]2[C@H](O)[C@@H](NC(C)=O)C(O)O[C@@H]2CO)[C@H](O)[C@@H](O[C@]2(C(=O)O)C[C@H](O)[C@@H](NC(C)=O)[C@H]([C@H](O)[C@H](O)CO)O2)[C@H]1O. The number of aliphatic hydroxyl groups is 9. The van der Waals surface area contributed by atoms with Gasteiger partial charge in [0, 0.05) is 33.7 Å². The molecule has 0 saturated carbocycles. The summed E-state index contributed by atoms with van der Waals surface area (Å²) in [6.45, 7) is 0.798. The van der Waals surface area contributed by atoms with Crippen LogP contribution in [0.15, 0.2) is 0 Å². The molecule has 3 aliphatic heterocycles. The van der Waals surface area contributed by atoms with Gasteiger partial charge < -0.3 is 90.7 Å². The first-order valence-electron chi connectivity index (χ1n) is 15.2. The molecule has 0 aromatic heterocycles. The van der Waals surface area contributed by atoms with Gasteiger partial charge in [-0.2, -0.15) is 0 Å². The predicted molar refractivity (Wildman–Crippen MR) is 153 cm³/mol. The second-order valence-corrected chi connectivity index (χ2v) is 12.0. The molecule has 3 rings (SSSR count). The van der Waals surface area contributed by atoms with Crippen LogP contribution in [0.3, 0.4) is 0 Å². The Bertz CT molecular complexity index is 1170. The molecule has 0 bridgehead atoms. The second-order valence-electron chi connectivity index (χ2n) is 12.0. The second kappa shape index (κ2) is 17.0. The summed E-state index contributed by atoms with van der Waals surface area (Å²) in [5.41, 5.74) is 0. The Hall–Kier alpha value is -2.68. The molecule has 49 heavy (non-hydrogen) atoms. The Labute approximate surface area is 278 Å². The minimum Gasteiger partial charge on any atom is -0.477 e. The Kier molecular flexibility index (Phi) is 14.2. The average molecular weight is 716 g/mol. The van der Waals surface area contributed by atoms with Crippen molar-refractivity contribution in [1.82, 2.24) is 16.0 Å². The van der Waals surface area contributed by atoms with Gasteiger partial charge in [-0.05, 0) is 0 Å². The first-order chi connectivity index (χ1) is 22.9. The van der Waals surface area contributed by atoms with Gasteiger partial charge in [0.15, 0.2) is 12.6 Å². The van der Waals surface area contributed by atoms with Gasteiger partial charge in [-0.25, -0.2) is 4.79 Å². The highest BCUT2D eigenvalue weighted by Crippen LogP contribution is 2.38. The van der Waals surface area contributed by atoms with Crippen molar-refractivity contribution >= 4 is 23.7 Å². The number of carboxylic acids is 1. The van der Waals surface area contributed by atoms with E-state index < -0.39 is 147 Å². The van der Waals surface area contributed by atoms with Gasteiger partial charge in [0.2, 0.25) is 17.7 Å². The molecule has 16 atom stereocenters. The molecule has 0 radical (unpaired) electrons. The number of carbonyl (C=O) groups is 4. The maximum absolute atomic E-state index is 12.8. The molecular weight excluding hydrogens is 670 g/mol. The Morgan fingerprint density at radius 2 is 1.45 bits per heavy atom. The normalized spacial score (nSPS) is 40.9. The molecule has 3 aliphatic rings. The number of aliphatic carboxylic acids is 1. The minimum atomic E-state index is -3.05. The topological polar surface area (TPSA) is 353 Å². The first-order valence-corrected chi connectivity index (χ1v) is 15.2. The lowest BCUT2D eigenvalue weighted by atomic mass is 9.88. The fraction of sp³-hybridized carbons (Fsp3) is 0.852. The van der Waals surface area contributed by atoms with E-state index in [1.54, 1.807) is 0 Å². The van der Waals surface area contributed by atoms with Crippen molar-refractivity contribution in [2.75, 3.05) is 19.8 Å². The highest BCUT2D eigenvalue weighted by Gasteiger charge is 2.60.